The number of rotatable bonds is 3. The number of hydrogen-bond donors (Lipinski definition) is 1. The Kier molecular flexibility index (Phi) is 2.94. The van der Waals surface area contributed by atoms with Crippen molar-refractivity contribution in [2.75, 3.05) is 7.11 Å². The normalized spacial score (nSPS) is 12.4. The van der Waals surface area contributed by atoms with E-state index >= 15 is 0 Å². The van der Waals surface area contributed by atoms with Gasteiger partial charge in [-0.05, 0) is 6.07 Å². The molecule has 2 aromatic rings. The Bertz CT molecular complexity index is 430. The summed E-state index contributed by atoms with van der Waals surface area (Å²) in [4.78, 5) is 0. The molecule has 0 saturated carbocycles. The van der Waals surface area contributed by atoms with Gasteiger partial charge < -0.3 is 10.5 Å². The van der Waals surface area contributed by atoms with Gasteiger partial charge in [0.25, 0.3) is 0 Å². The van der Waals surface area contributed by atoms with E-state index in [0.717, 1.165) is 28.7 Å². The van der Waals surface area contributed by atoms with Crippen molar-refractivity contribution in [3.8, 4) is 5.75 Å². The van der Waals surface area contributed by atoms with E-state index in [1.807, 2.05) is 24.3 Å². The average molecular weight is 221 g/mol. The Morgan fingerprint density at radius 1 is 1.40 bits per heavy atom. The molecule has 0 aliphatic rings. The quantitative estimate of drug-likeness (QED) is 0.855. The summed E-state index contributed by atoms with van der Waals surface area (Å²) in [7, 11) is 1.63. The molecule has 5 heteroatoms. The largest absolute Gasteiger partial charge is 0.496 e. The van der Waals surface area contributed by atoms with Crippen LogP contribution in [-0.2, 0) is 0 Å². The summed E-state index contributed by atoms with van der Waals surface area (Å²) in [6.07, 6.45) is 1.68. The second-order valence-electron chi connectivity index (χ2n) is 3.05. The Hall–Kier alpha value is -1.46. The van der Waals surface area contributed by atoms with E-state index in [2.05, 4.69) is 8.75 Å². The fourth-order valence-electron chi connectivity index (χ4n) is 1.39. The molecule has 1 aromatic heterocycles. The van der Waals surface area contributed by atoms with Gasteiger partial charge in [0.2, 0.25) is 0 Å². The summed E-state index contributed by atoms with van der Waals surface area (Å²) in [5.41, 5.74) is 7.75. The van der Waals surface area contributed by atoms with E-state index in [0.29, 0.717) is 0 Å². The molecule has 0 spiro atoms. The molecule has 0 bridgehead atoms. The van der Waals surface area contributed by atoms with E-state index in [-0.39, 0.29) is 6.04 Å². The van der Waals surface area contributed by atoms with Crippen LogP contribution in [0.1, 0.15) is 17.3 Å². The van der Waals surface area contributed by atoms with Crippen LogP contribution in [-0.4, -0.2) is 15.9 Å². The smallest absolute Gasteiger partial charge is 0.124 e. The van der Waals surface area contributed by atoms with Crippen molar-refractivity contribution in [2.24, 2.45) is 5.73 Å². The number of hydrogen-bond acceptors (Lipinski definition) is 5. The van der Waals surface area contributed by atoms with Crippen molar-refractivity contribution >= 4 is 11.7 Å². The predicted octanol–water partition coefficient (Wildman–Crippen LogP) is 1.59. The van der Waals surface area contributed by atoms with Crippen molar-refractivity contribution in [1.82, 2.24) is 8.75 Å². The van der Waals surface area contributed by atoms with Crippen LogP contribution >= 0.6 is 11.7 Å². The summed E-state index contributed by atoms with van der Waals surface area (Å²) in [6.45, 7) is 0. The highest BCUT2D eigenvalue weighted by atomic mass is 32.1. The van der Waals surface area contributed by atoms with Crippen molar-refractivity contribution in [3.63, 3.8) is 0 Å². The van der Waals surface area contributed by atoms with Gasteiger partial charge in [-0.3, -0.25) is 0 Å². The Labute approximate surface area is 92.0 Å². The highest BCUT2D eigenvalue weighted by Crippen LogP contribution is 2.26. The zero-order chi connectivity index (χ0) is 10.7. The van der Waals surface area contributed by atoms with Crippen molar-refractivity contribution in [2.45, 2.75) is 6.04 Å². The first kappa shape index (κ1) is 10.1. The average Bonchev–Trinajstić information content (AvgIpc) is 2.81. The predicted molar refractivity (Wildman–Crippen MR) is 58.9 cm³/mol. The molecule has 1 atom stereocenters. The van der Waals surface area contributed by atoms with E-state index in [1.54, 1.807) is 13.3 Å². The molecule has 2 N–H and O–H groups in total. The fourth-order valence-corrected chi connectivity index (χ4v) is 1.85. The summed E-state index contributed by atoms with van der Waals surface area (Å²) >= 11 is 1.16. The number of benzene rings is 1. The number of para-hydroxylation sites is 1. The fraction of sp³-hybridized carbons (Fsp3) is 0.200. The van der Waals surface area contributed by atoms with E-state index in [1.165, 1.54) is 0 Å². The molecule has 0 aliphatic carbocycles. The van der Waals surface area contributed by atoms with Gasteiger partial charge in [-0.2, -0.15) is 8.75 Å². The summed E-state index contributed by atoms with van der Waals surface area (Å²) in [5, 5.41) is 0. The summed E-state index contributed by atoms with van der Waals surface area (Å²) in [6, 6.07) is 7.38. The molecule has 1 unspecified atom stereocenters. The molecular weight excluding hydrogens is 210 g/mol. The van der Waals surface area contributed by atoms with Crippen LogP contribution in [0.25, 0.3) is 0 Å². The van der Waals surface area contributed by atoms with Gasteiger partial charge in [-0.1, -0.05) is 18.2 Å². The van der Waals surface area contributed by atoms with Gasteiger partial charge in [0.05, 0.1) is 36.8 Å². The first-order chi connectivity index (χ1) is 7.33. The lowest BCUT2D eigenvalue weighted by Crippen LogP contribution is -2.13. The molecule has 0 saturated heterocycles. The first-order valence-electron chi connectivity index (χ1n) is 4.49. The topological polar surface area (TPSA) is 61.0 Å². The molecule has 15 heavy (non-hydrogen) atoms. The van der Waals surface area contributed by atoms with E-state index in [4.69, 9.17) is 10.5 Å². The number of ether oxygens (including phenoxy) is 1. The lowest BCUT2D eigenvalue weighted by Gasteiger charge is -2.12. The van der Waals surface area contributed by atoms with Crippen LogP contribution in [0.4, 0.5) is 0 Å². The van der Waals surface area contributed by atoms with Crippen LogP contribution < -0.4 is 10.5 Å². The van der Waals surface area contributed by atoms with Gasteiger partial charge in [0.1, 0.15) is 5.75 Å². The molecule has 0 aliphatic heterocycles. The lowest BCUT2D eigenvalue weighted by molar-refractivity contribution is 0.407. The minimum atomic E-state index is -0.278. The van der Waals surface area contributed by atoms with E-state index < -0.39 is 0 Å². The maximum atomic E-state index is 6.06. The van der Waals surface area contributed by atoms with Gasteiger partial charge >= 0.3 is 0 Å². The molecule has 0 radical (unpaired) electrons. The molecule has 1 heterocycles. The zero-order valence-corrected chi connectivity index (χ0v) is 9.07. The third-order valence-corrected chi connectivity index (χ3v) is 2.66. The minimum absolute atomic E-state index is 0.278. The number of nitrogens with zero attached hydrogens (tertiary/aromatic N) is 2. The Morgan fingerprint density at radius 3 is 2.87 bits per heavy atom. The molecule has 78 valence electrons. The maximum Gasteiger partial charge on any atom is 0.124 e. The molecule has 0 fully saturated rings. The number of methoxy groups -OCH3 is 1. The molecule has 0 amide bonds. The summed E-state index contributed by atoms with van der Waals surface area (Å²) < 4.78 is 13.3. The number of nitrogens with two attached hydrogens (primary N) is 1. The van der Waals surface area contributed by atoms with Crippen molar-refractivity contribution < 1.29 is 4.74 Å². The van der Waals surface area contributed by atoms with Crippen LogP contribution in [0.3, 0.4) is 0 Å². The number of aromatic nitrogens is 2. The minimum Gasteiger partial charge on any atom is -0.496 e. The zero-order valence-electron chi connectivity index (χ0n) is 8.25. The molecular formula is C10H11N3OS. The SMILES string of the molecule is COc1ccccc1C(N)c1cnsn1. The summed E-state index contributed by atoms with van der Waals surface area (Å²) in [5.74, 6) is 0.776. The van der Waals surface area contributed by atoms with Crippen LogP contribution in [0.5, 0.6) is 5.75 Å². The monoisotopic (exact) mass is 221 g/mol. The molecule has 1 aromatic carbocycles. The van der Waals surface area contributed by atoms with Gasteiger partial charge in [0, 0.05) is 5.56 Å². The van der Waals surface area contributed by atoms with Crippen LogP contribution in [0.15, 0.2) is 30.5 Å². The second-order valence-corrected chi connectivity index (χ2v) is 3.61. The van der Waals surface area contributed by atoms with Crippen LogP contribution in [0.2, 0.25) is 0 Å². The molecule has 4 nitrogen and oxygen atoms in total. The highest BCUT2D eigenvalue weighted by molar-refractivity contribution is 6.99. The van der Waals surface area contributed by atoms with Gasteiger partial charge in [0.15, 0.2) is 0 Å². The third-order valence-electron chi connectivity index (χ3n) is 2.17. The second kappa shape index (κ2) is 4.37. The Morgan fingerprint density at radius 2 is 2.20 bits per heavy atom. The lowest BCUT2D eigenvalue weighted by atomic mass is 10.0. The Balaban J connectivity index is 2.37. The van der Waals surface area contributed by atoms with Crippen molar-refractivity contribution in [1.29, 1.82) is 0 Å². The highest BCUT2D eigenvalue weighted by Gasteiger charge is 2.15. The maximum absolute atomic E-state index is 6.06. The van der Waals surface area contributed by atoms with Crippen LogP contribution in [0, 0.1) is 0 Å². The van der Waals surface area contributed by atoms with Gasteiger partial charge in [-0.15, -0.1) is 0 Å². The van der Waals surface area contributed by atoms with Crippen molar-refractivity contribution in [3.05, 3.63) is 41.7 Å². The third kappa shape index (κ3) is 1.98. The van der Waals surface area contributed by atoms with E-state index in [9.17, 15) is 0 Å². The standard InChI is InChI=1S/C10H11N3OS/c1-14-9-5-3-2-4-7(9)10(11)8-6-12-15-13-8/h2-6,10H,11H2,1H3. The first-order valence-corrected chi connectivity index (χ1v) is 5.22. The molecule has 2 rings (SSSR count). The van der Waals surface area contributed by atoms with Gasteiger partial charge in [-0.25, -0.2) is 0 Å².